The first-order chi connectivity index (χ1) is 11.7. The van der Waals surface area contributed by atoms with Crippen molar-refractivity contribution in [2.24, 2.45) is 5.10 Å². The van der Waals surface area contributed by atoms with Gasteiger partial charge in [0.1, 0.15) is 0 Å². The van der Waals surface area contributed by atoms with Crippen LogP contribution in [-0.2, 0) is 4.74 Å². The summed E-state index contributed by atoms with van der Waals surface area (Å²) in [7, 11) is 0. The summed E-state index contributed by atoms with van der Waals surface area (Å²) in [6, 6.07) is 3.63. The molecule has 3 rings (SSSR count). The maximum absolute atomic E-state index is 6.24. The van der Waals surface area contributed by atoms with Crippen LogP contribution in [0.5, 0.6) is 11.5 Å². The summed E-state index contributed by atoms with van der Waals surface area (Å²) in [5.41, 5.74) is 3.59. The molecule has 1 atom stereocenters. The molecule has 0 bridgehead atoms. The minimum atomic E-state index is 0.231. The van der Waals surface area contributed by atoms with Gasteiger partial charge in [0.2, 0.25) is 0 Å². The molecule has 1 fully saturated rings. The van der Waals surface area contributed by atoms with E-state index in [0.29, 0.717) is 41.4 Å². The lowest BCUT2D eigenvalue weighted by Crippen LogP contribution is -2.37. The quantitative estimate of drug-likeness (QED) is 0.483. The highest BCUT2D eigenvalue weighted by Gasteiger charge is 2.16. The second-order valence-corrected chi connectivity index (χ2v) is 6.41. The van der Waals surface area contributed by atoms with E-state index in [2.05, 4.69) is 15.8 Å². The van der Waals surface area contributed by atoms with Crippen LogP contribution < -0.4 is 20.2 Å². The van der Waals surface area contributed by atoms with Gasteiger partial charge >= 0.3 is 0 Å². The second-order valence-electron chi connectivity index (χ2n) is 5.60. The molecule has 24 heavy (non-hydrogen) atoms. The number of nitrogens with one attached hydrogen (secondary N) is 2. The number of hydrazone groups is 1. The molecule has 0 radical (unpaired) electrons. The molecule has 1 aromatic carbocycles. The van der Waals surface area contributed by atoms with E-state index in [4.69, 9.17) is 38.0 Å². The maximum atomic E-state index is 6.24. The highest BCUT2D eigenvalue weighted by Crippen LogP contribution is 2.37. The van der Waals surface area contributed by atoms with Crippen LogP contribution in [0, 0.1) is 0 Å². The van der Waals surface area contributed by atoms with E-state index < -0.39 is 0 Å². The summed E-state index contributed by atoms with van der Waals surface area (Å²) >= 11 is 11.4. The van der Waals surface area contributed by atoms with Crippen molar-refractivity contribution in [1.82, 2.24) is 10.7 Å². The summed E-state index contributed by atoms with van der Waals surface area (Å²) < 4.78 is 16.8. The lowest BCUT2D eigenvalue weighted by Gasteiger charge is -2.12. The zero-order chi connectivity index (χ0) is 16.8. The van der Waals surface area contributed by atoms with Gasteiger partial charge in [0.05, 0.1) is 30.6 Å². The fourth-order valence-corrected chi connectivity index (χ4v) is 2.95. The Hall–Kier alpha value is -1.57. The van der Waals surface area contributed by atoms with E-state index in [9.17, 15) is 0 Å². The highest BCUT2D eigenvalue weighted by molar-refractivity contribution is 7.80. The third-order valence-electron chi connectivity index (χ3n) is 3.72. The molecule has 0 saturated carbocycles. The van der Waals surface area contributed by atoms with Crippen molar-refractivity contribution in [2.45, 2.75) is 25.4 Å². The topological polar surface area (TPSA) is 64.1 Å². The van der Waals surface area contributed by atoms with Crippen molar-refractivity contribution < 1.29 is 14.2 Å². The SMILES string of the molecule is S=C(NC[C@H]1CCCO1)N/N=C\c1cc(Cl)c2c(c1)OCCCO2. The smallest absolute Gasteiger partial charge is 0.187 e. The van der Waals surface area contributed by atoms with Crippen LogP contribution in [0.4, 0.5) is 0 Å². The first-order valence-corrected chi connectivity index (χ1v) is 8.78. The fourth-order valence-electron chi connectivity index (χ4n) is 2.54. The third kappa shape index (κ3) is 4.72. The third-order valence-corrected chi connectivity index (χ3v) is 4.23. The normalized spacial score (nSPS) is 20.0. The van der Waals surface area contributed by atoms with Crippen LogP contribution in [0.2, 0.25) is 5.02 Å². The van der Waals surface area contributed by atoms with E-state index >= 15 is 0 Å². The van der Waals surface area contributed by atoms with Crippen LogP contribution >= 0.6 is 23.8 Å². The van der Waals surface area contributed by atoms with Crippen molar-refractivity contribution in [1.29, 1.82) is 0 Å². The number of thiocarbonyl (C=S) groups is 1. The number of hydrogen-bond donors (Lipinski definition) is 2. The number of fused-ring (bicyclic) bond motifs is 1. The molecule has 0 unspecified atom stereocenters. The Morgan fingerprint density at radius 1 is 1.29 bits per heavy atom. The zero-order valence-corrected chi connectivity index (χ0v) is 14.8. The van der Waals surface area contributed by atoms with E-state index in [1.807, 2.05) is 6.07 Å². The van der Waals surface area contributed by atoms with E-state index in [1.54, 1.807) is 12.3 Å². The number of hydrogen-bond acceptors (Lipinski definition) is 5. The Labute approximate surface area is 151 Å². The maximum Gasteiger partial charge on any atom is 0.187 e. The minimum absolute atomic E-state index is 0.231. The molecule has 0 aromatic heterocycles. The van der Waals surface area contributed by atoms with Crippen molar-refractivity contribution >= 4 is 35.1 Å². The monoisotopic (exact) mass is 369 g/mol. The molecular formula is C16H20ClN3O3S. The summed E-state index contributed by atoms with van der Waals surface area (Å²) in [4.78, 5) is 0. The van der Waals surface area contributed by atoms with Gasteiger partial charge in [0.25, 0.3) is 0 Å². The van der Waals surface area contributed by atoms with Crippen molar-refractivity contribution in [3.8, 4) is 11.5 Å². The van der Waals surface area contributed by atoms with Gasteiger partial charge in [0, 0.05) is 19.6 Å². The highest BCUT2D eigenvalue weighted by atomic mass is 35.5. The molecule has 2 heterocycles. The number of nitrogens with zero attached hydrogens (tertiary/aromatic N) is 1. The number of ether oxygens (including phenoxy) is 3. The Bertz CT molecular complexity index is 621. The standard InChI is InChI=1S/C16H20ClN3O3S/c17-13-7-11(8-14-15(13)23-6-2-5-22-14)9-19-20-16(24)18-10-12-3-1-4-21-12/h7-9,12H,1-6,10H2,(H2,18,20,24)/b19-9-/t12-/m1/s1. The number of rotatable bonds is 4. The molecule has 0 spiro atoms. The van der Waals surface area contributed by atoms with Crippen LogP contribution in [0.1, 0.15) is 24.8 Å². The van der Waals surface area contributed by atoms with Gasteiger partial charge in [0.15, 0.2) is 16.6 Å². The average molecular weight is 370 g/mol. The van der Waals surface area contributed by atoms with Crippen LogP contribution in [0.3, 0.4) is 0 Å². The Morgan fingerprint density at radius 2 is 2.17 bits per heavy atom. The lowest BCUT2D eigenvalue weighted by atomic mass is 10.2. The van der Waals surface area contributed by atoms with Gasteiger partial charge in [-0.1, -0.05) is 11.6 Å². The predicted octanol–water partition coefficient (Wildman–Crippen LogP) is 2.48. The molecule has 2 aliphatic heterocycles. The van der Waals surface area contributed by atoms with Crippen molar-refractivity contribution in [2.75, 3.05) is 26.4 Å². The van der Waals surface area contributed by atoms with E-state index in [-0.39, 0.29) is 6.10 Å². The predicted molar refractivity (Wildman–Crippen MR) is 97.4 cm³/mol. The number of halogens is 1. The van der Waals surface area contributed by atoms with Gasteiger partial charge in [-0.3, -0.25) is 5.43 Å². The Kier molecular flexibility index (Phi) is 6.12. The minimum Gasteiger partial charge on any atom is -0.489 e. The van der Waals surface area contributed by atoms with E-state index in [0.717, 1.165) is 31.4 Å². The molecule has 0 aliphatic carbocycles. The second kappa shape index (κ2) is 8.50. The Morgan fingerprint density at radius 3 is 3.00 bits per heavy atom. The molecule has 2 aliphatic rings. The lowest BCUT2D eigenvalue weighted by molar-refractivity contribution is 0.114. The molecule has 1 saturated heterocycles. The van der Waals surface area contributed by atoms with Gasteiger partial charge in [-0.25, -0.2) is 0 Å². The fraction of sp³-hybridized carbons (Fsp3) is 0.500. The molecule has 8 heteroatoms. The van der Waals surface area contributed by atoms with Crippen LogP contribution in [0.25, 0.3) is 0 Å². The molecule has 130 valence electrons. The van der Waals surface area contributed by atoms with Gasteiger partial charge in [-0.15, -0.1) is 0 Å². The van der Waals surface area contributed by atoms with Gasteiger partial charge in [-0.05, 0) is 42.8 Å². The van der Waals surface area contributed by atoms with Crippen LogP contribution in [-0.4, -0.2) is 43.8 Å². The number of benzene rings is 1. The Balaban J connectivity index is 1.53. The molecule has 1 aromatic rings. The molecule has 2 N–H and O–H groups in total. The van der Waals surface area contributed by atoms with Crippen molar-refractivity contribution in [3.63, 3.8) is 0 Å². The molecular weight excluding hydrogens is 350 g/mol. The van der Waals surface area contributed by atoms with Gasteiger partial charge in [-0.2, -0.15) is 5.10 Å². The summed E-state index contributed by atoms with van der Waals surface area (Å²) in [6.45, 7) is 2.73. The van der Waals surface area contributed by atoms with Crippen LogP contribution in [0.15, 0.2) is 17.2 Å². The largest absolute Gasteiger partial charge is 0.489 e. The first-order valence-electron chi connectivity index (χ1n) is 8.00. The zero-order valence-electron chi connectivity index (χ0n) is 13.2. The average Bonchev–Trinajstić information content (AvgIpc) is 2.97. The summed E-state index contributed by atoms with van der Waals surface area (Å²) in [5, 5.41) is 8.19. The first kappa shape index (κ1) is 17.3. The van der Waals surface area contributed by atoms with Gasteiger partial charge < -0.3 is 19.5 Å². The summed E-state index contributed by atoms with van der Waals surface area (Å²) in [5.74, 6) is 1.23. The molecule has 0 amide bonds. The van der Waals surface area contributed by atoms with E-state index in [1.165, 1.54) is 0 Å². The molecule has 6 nitrogen and oxygen atoms in total. The van der Waals surface area contributed by atoms with Crippen molar-refractivity contribution in [3.05, 3.63) is 22.7 Å². The summed E-state index contributed by atoms with van der Waals surface area (Å²) in [6.07, 6.45) is 4.87.